The predicted octanol–water partition coefficient (Wildman–Crippen LogP) is 2.83. The van der Waals surface area contributed by atoms with E-state index in [0.717, 1.165) is 12.1 Å². The molecule has 2 rings (SSSR count). The van der Waals surface area contributed by atoms with Gasteiger partial charge in [-0.2, -0.15) is 0 Å². The van der Waals surface area contributed by atoms with Crippen molar-refractivity contribution in [3.63, 3.8) is 0 Å². The summed E-state index contributed by atoms with van der Waals surface area (Å²) in [4.78, 5) is 1.78. The number of halogens is 3. The Bertz CT molecular complexity index is 549. The van der Waals surface area contributed by atoms with Crippen molar-refractivity contribution >= 4 is 0 Å². The molecule has 0 saturated carbocycles. The van der Waals surface area contributed by atoms with Crippen LogP contribution in [0.4, 0.5) is 13.2 Å². The smallest absolute Gasteiger partial charge is 0.194 e. The molecule has 0 aliphatic carbocycles. The molecule has 1 aromatic heterocycles. The first kappa shape index (κ1) is 14.6. The summed E-state index contributed by atoms with van der Waals surface area (Å²) in [5.74, 6) is -3.21. The minimum Gasteiger partial charge on any atom is -0.468 e. The van der Waals surface area contributed by atoms with Gasteiger partial charge in [0.15, 0.2) is 17.5 Å². The molecule has 0 radical (unpaired) electrons. The van der Waals surface area contributed by atoms with E-state index in [4.69, 9.17) is 10.2 Å². The van der Waals surface area contributed by atoms with Crippen LogP contribution < -0.4 is 5.73 Å². The van der Waals surface area contributed by atoms with Gasteiger partial charge in [-0.1, -0.05) is 0 Å². The Morgan fingerprint density at radius 1 is 1.25 bits per heavy atom. The van der Waals surface area contributed by atoms with Crippen LogP contribution in [0.1, 0.15) is 17.4 Å². The summed E-state index contributed by atoms with van der Waals surface area (Å²) >= 11 is 0. The number of likely N-dealkylation sites (N-methyl/N-ethyl adjacent to an activating group) is 1. The highest BCUT2D eigenvalue weighted by Crippen LogP contribution is 2.24. The van der Waals surface area contributed by atoms with Crippen LogP contribution >= 0.6 is 0 Å². The Kier molecular flexibility index (Phi) is 4.46. The number of hydrogen-bond acceptors (Lipinski definition) is 3. The van der Waals surface area contributed by atoms with Crippen LogP contribution in [0.25, 0.3) is 0 Å². The minimum atomic E-state index is -1.47. The molecule has 0 aliphatic rings. The highest BCUT2D eigenvalue weighted by Gasteiger charge is 2.20. The maximum atomic E-state index is 13.3. The van der Waals surface area contributed by atoms with Gasteiger partial charge in [0.1, 0.15) is 5.76 Å². The number of benzene rings is 1. The van der Waals surface area contributed by atoms with Gasteiger partial charge in [0.2, 0.25) is 0 Å². The van der Waals surface area contributed by atoms with Crippen molar-refractivity contribution in [3.05, 3.63) is 59.3 Å². The average Bonchev–Trinajstić information content (AvgIpc) is 2.89. The molecule has 20 heavy (non-hydrogen) atoms. The Labute approximate surface area is 114 Å². The Morgan fingerprint density at radius 2 is 1.90 bits per heavy atom. The molecule has 2 aromatic rings. The SMILES string of the molecule is CN(Cc1ccco1)C(CN)c1cc(F)c(F)c(F)c1. The highest BCUT2D eigenvalue weighted by atomic mass is 19.2. The molecule has 0 bridgehead atoms. The molecule has 1 heterocycles. The van der Waals surface area contributed by atoms with E-state index in [-0.39, 0.29) is 12.1 Å². The third-order valence-electron chi connectivity index (χ3n) is 3.13. The first-order valence-electron chi connectivity index (χ1n) is 6.10. The summed E-state index contributed by atoms with van der Waals surface area (Å²) in [7, 11) is 1.75. The first-order chi connectivity index (χ1) is 9.52. The molecule has 1 aromatic carbocycles. The van der Waals surface area contributed by atoms with Crippen LogP contribution in [0.5, 0.6) is 0 Å². The quantitative estimate of drug-likeness (QED) is 0.858. The summed E-state index contributed by atoms with van der Waals surface area (Å²) < 4.78 is 44.8. The van der Waals surface area contributed by atoms with Crippen LogP contribution in [-0.4, -0.2) is 18.5 Å². The van der Waals surface area contributed by atoms with E-state index in [1.54, 1.807) is 24.1 Å². The third kappa shape index (κ3) is 3.02. The van der Waals surface area contributed by atoms with Crippen LogP contribution in [0.2, 0.25) is 0 Å². The van der Waals surface area contributed by atoms with Gasteiger partial charge in [-0.3, -0.25) is 4.90 Å². The van der Waals surface area contributed by atoms with Gasteiger partial charge in [0.25, 0.3) is 0 Å². The van der Waals surface area contributed by atoms with Crippen LogP contribution in [0.15, 0.2) is 34.9 Å². The summed E-state index contributed by atoms with van der Waals surface area (Å²) in [5.41, 5.74) is 5.95. The van der Waals surface area contributed by atoms with Gasteiger partial charge in [-0.15, -0.1) is 0 Å². The monoisotopic (exact) mass is 284 g/mol. The zero-order valence-corrected chi connectivity index (χ0v) is 10.9. The number of rotatable bonds is 5. The van der Waals surface area contributed by atoms with E-state index in [2.05, 4.69) is 0 Å². The standard InChI is InChI=1S/C14H15F3N2O/c1-19(8-10-3-2-4-20-10)13(7-18)9-5-11(15)14(17)12(16)6-9/h2-6,13H,7-8,18H2,1H3. The zero-order chi connectivity index (χ0) is 14.7. The summed E-state index contributed by atoms with van der Waals surface area (Å²) in [6.45, 7) is 0.567. The van der Waals surface area contributed by atoms with E-state index >= 15 is 0 Å². The van der Waals surface area contributed by atoms with Crippen molar-refractivity contribution in [2.24, 2.45) is 5.73 Å². The van der Waals surface area contributed by atoms with Gasteiger partial charge in [0.05, 0.1) is 12.8 Å². The zero-order valence-electron chi connectivity index (χ0n) is 10.9. The Hall–Kier alpha value is -1.79. The summed E-state index contributed by atoms with van der Waals surface area (Å²) in [6.07, 6.45) is 1.54. The second-order valence-corrected chi connectivity index (χ2v) is 4.54. The number of nitrogens with two attached hydrogens (primary N) is 1. The fourth-order valence-electron chi connectivity index (χ4n) is 2.10. The lowest BCUT2D eigenvalue weighted by Gasteiger charge is -2.26. The van der Waals surface area contributed by atoms with Crippen molar-refractivity contribution in [2.75, 3.05) is 13.6 Å². The van der Waals surface area contributed by atoms with Crippen LogP contribution in [0.3, 0.4) is 0 Å². The second-order valence-electron chi connectivity index (χ2n) is 4.54. The third-order valence-corrected chi connectivity index (χ3v) is 3.13. The molecule has 6 heteroatoms. The molecular weight excluding hydrogens is 269 g/mol. The van der Waals surface area contributed by atoms with Crippen LogP contribution in [-0.2, 0) is 6.54 Å². The van der Waals surface area contributed by atoms with Gasteiger partial charge in [-0.05, 0) is 36.9 Å². The lowest BCUT2D eigenvalue weighted by Crippen LogP contribution is -2.30. The van der Waals surface area contributed by atoms with E-state index in [0.29, 0.717) is 12.3 Å². The normalized spacial score (nSPS) is 12.9. The van der Waals surface area contributed by atoms with E-state index < -0.39 is 23.5 Å². The van der Waals surface area contributed by atoms with Gasteiger partial charge in [0, 0.05) is 12.6 Å². The van der Waals surface area contributed by atoms with Crippen molar-refractivity contribution in [3.8, 4) is 0 Å². The first-order valence-corrected chi connectivity index (χ1v) is 6.10. The molecule has 3 nitrogen and oxygen atoms in total. The van der Waals surface area contributed by atoms with Crippen molar-refractivity contribution in [1.82, 2.24) is 4.90 Å². The molecule has 0 fully saturated rings. The molecular formula is C14H15F3N2O. The lowest BCUT2D eigenvalue weighted by atomic mass is 10.0. The summed E-state index contributed by atoms with van der Waals surface area (Å²) in [5, 5.41) is 0. The number of nitrogens with zero attached hydrogens (tertiary/aromatic N) is 1. The molecule has 108 valence electrons. The highest BCUT2D eigenvalue weighted by molar-refractivity contribution is 5.23. The predicted molar refractivity (Wildman–Crippen MR) is 68.3 cm³/mol. The van der Waals surface area contributed by atoms with Crippen molar-refractivity contribution < 1.29 is 17.6 Å². The lowest BCUT2D eigenvalue weighted by molar-refractivity contribution is 0.221. The molecule has 0 amide bonds. The maximum absolute atomic E-state index is 13.3. The molecule has 0 aliphatic heterocycles. The topological polar surface area (TPSA) is 42.4 Å². The molecule has 0 spiro atoms. The van der Waals surface area contributed by atoms with Gasteiger partial charge >= 0.3 is 0 Å². The van der Waals surface area contributed by atoms with Crippen LogP contribution in [0, 0.1) is 17.5 Å². The minimum absolute atomic E-state index is 0.141. The Balaban J connectivity index is 2.23. The molecule has 1 atom stereocenters. The average molecular weight is 284 g/mol. The summed E-state index contributed by atoms with van der Waals surface area (Å²) in [6, 6.07) is 5.03. The van der Waals surface area contributed by atoms with Gasteiger partial charge in [-0.25, -0.2) is 13.2 Å². The van der Waals surface area contributed by atoms with Crippen molar-refractivity contribution in [2.45, 2.75) is 12.6 Å². The largest absolute Gasteiger partial charge is 0.468 e. The van der Waals surface area contributed by atoms with Crippen molar-refractivity contribution in [1.29, 1.82) is 0 Å². The fourth-order valence-corrected chi connectivity index (χ4v) is 2.10. The molecule has 2 N–H and O–H groups in total. The number of hydrogen-bond donors (Lipinski definition) is 1. The van der Waals surface area contributed by atoms with E-state index in [1.807, 2.05) is 0 Å². The maximum Gasteiger partial charge on any atom is 0.194 e. The number of furan rings is 1. The fraction of sp³-hybridized carbons (Fsp3) is 0.286. The van der Waals surface area contributed by atoms with E-state index in [9.17, 15) is 13.2 Å². The Morgan fingerprint density at radius 3 is 2.40 bits per heavy atom. The van der Waals surface area contributed by atoms with Gasteiger partial charge < -0.3 is 10.2 Å². The molecule has 1 unspecified atom stereocenters. The van der Waals surface area contributed by atoms with E-state index in [1.165, 1.54) is 6.26 Å². The second kappa shape index (κ2) is 6.11. The molecule has 0 saturated heterocycles.